The van der Waals surface area contributed by atoms with Gasteiger partial charge in [-0.05, 0) is 42.2 Å². The highest BCUT2D eigenvalue weighted by molar-refractivity contribution is 7.98. The molecule has 3 aliphatic heterocycles. The number of aromatic hydroxyl groups is 1. The fourth-order valence-electron chi connectivity index (χ4n) is 6.41. The molecule has 1 spiro atoms. The van der Waals surface area contributed by atoms with Gasteiger partial charge in [-0.3, -0.25) is 19.3 Å². The van der Waals surface area contributed by atoms with Gasteiger partial charge in [-0.1, -0.05) is 49.2 Å². The first-order valence-corrected chi connectivity index (χ1v) is 13.7. The predicted molar refractivity (Wildman–Crippen MR) is 142 cm³/mol. The predicted octanol–water partition coefficient (Wildman–Crippen LogP) is 4.56. The highest BCUT2D eigenvalue weighted by Crippen LogP contribution is 2.48. The summed E-state index contributed by atoms with van der Waals surface area (Å²) in [4.78, 5) is 29.7. The minimum absolute atomic E-state index is 0.0204. The first kappa shape index (κ1) is 22.5. The molecular formula is C29H27N3O4S. The van der Waals surface area contributed by atoms with E-state index in [2.05, 4.69) is 29.3 Å². The van der Waals surface area contributed by atoms with Crippen LogP contribution in [0.4, 0.5) is 0 Å². The molecule has 7 nitrogen and oxygen atoms in total. The van der Waals surface area contributed by atoms with Crippen molar-refractivity contribution in [1.82, 2.24) is 9.58 Å². The number of hydrogen-bond acceptors (Lipinski definition) is 6. The summed E-state index contributed by atoms with van der Waals surface area (Å²) in [5, 5.41) is 13.1. The van der Waals surface area contributed by atoms with Crippen molar-refractivity contribution in [3.05, 3.63) is 99.5 Å². The molecule has 1 aliphatic carbocycles. The summed E-state index contributed by atoms with van der Waals surface area (Å²) in [6.07, 6.45) is 9.43. The Hall–Kier alpha value is -3.65. The van der Waals surface area contributed by atoms with Crippen LogP contribution in [0.25, 0.3) is 0 Å². The number of hydrogen-bond donors (Lipinski definition) is 1. The van der Waals surface area contributed by atoms with Gasteiger partial charge in [0.1, 0.15) is 25.1 Å². The van der Waals surface area contributed by atoms with Crippen molar-refractivity contribution in [3.8, 4) is 11.5 Å². The second-order valence-electron chi connectivity index (χ2n) is 10.1. The number of benzene rings is 2. The van der Waals surface area contributed by atoms with E-state index >= 15 is 0 Å². The molecule has 7 rings (SSSR count). The number of pyridine rings is 1. The summed E-state index contributed by atoms with van der Waals surface area (Å²) in [6, 6.07) is 15.6. The molecule has 188 valence electrons. The molecule has 1 aromatic heterocycles. The molecule has 1 fully saturated rings. The molecule has 0 saturated heterocycles. The van der Waals surface area contributed by atoms with E-state index in [0.29, 0.717) is 13.3 Å². The van der Waals surface area contributed by atoms with Gasteiger partial charge in [0.15, 0.2) is 11.4 Å². The first-order valence-electron chi connectivity index (χ1n) is 12.7. The molecule has 1 saturated carbocycles. The molecule has 0 unspecified atom stereocenters. The zero-order valence-corrected chi connectivity index (χ0v) is 21.1. The number of rotatable bonds is 0. The molecule has 4 heterocycles. The van der Waals surface area contributed by atoms with Crippen LogP contribution in [0.1, 0.15) is 58.9 Å². The second-order valence-corrected chi connectivity index (χ2v) is 11.1. The van der Waals surface area contributed by atoms with Gasteiger partial charge in [0, 0.05) is 28.5 Å². The van der Waals surface area contributed by atoms with Crippen LogP contribution in [-0.4, -0.2) is 39.4 Å². The first-order chi connectivity index (χ1) is 18.1. The molecule has 37 heavy (non-hydrogen) atoms. The summed E-state index contributed by atoms with van der Waals surface area (Å²) in [6.45, 7) is 0.716. The van der Waals surface area contributed by atoms with Crippen LogP contribution in [-0.2, 0) is 5.75 Å². The smallest absolute Gasteiger partial charge is 0.278 e. The van der Waals surface area contributed by atoms with Gasteiger partial charge in [-0.2, -0.15) is 0 Å². The van der Waals surface area contributed by atoms with E-state index in [-0.39, 0.29) is 17.6 Å². The number of amides is 1. The molecule has 0 radical (unpaired) electrons. The van der Waals surface area contributed by atoms with Crippen LogP contribution >= 0.6 is 11.8 Å². The Labute approximate surface area is 218 Å². The third-order valence-corrected chi connectivity index (χ3v) is 9.30. The number of nitrogens with zero attached hydrogens (tertiary/aromatic N) is 3. The quantitative estimate of drug-likeness (QED) is 0.444. The van der Waals surface area contributed by atoms with E-state index in [0.717, 1.165) is 58.8 Å². The normalized spacial score (nSPS) is 22.3. The van der Waals surface area contributed by atoms with E-state index in [1.54, 1.807) is 22.6 Å². The number of ether oxygens (including phenoxy) is 1. The summed E-state index contributed by atoms with van der Waals surface area (Å²) in [5.74, 6) is 0.777. The zero-order valence-electron chi connectivity index (χ0n) is 20.3. The molecule has 3 aromatic rings. The largest absolute Gasteiger partial charge is 0.502 e. The van der Waals surface area contributed by atoms with Crippen molar-refractivity contribution in [2.45, 2.75) is 47.9 Å². The van der Waals surface area contributed by atoms with Crippen molar-refractivity contribution < 1.29 is 14.6 Å². The Morgan fingerprint density at radius 3 is 2.73 bits per heavy atom. The second kappa shape index (κ2) is 8.45. The van der Waals surface area contributed by atoms with Crippen molar-refractivity contribution in [3.63, 3.8) is 0 Å². The lowest BCUT2D eigenvalue weighted by Crippen LogP contribution is -2.61. The third-order valence-electron chi connectivity index (χ3n) is 8.16. The monoisotopic (exact) mass is 513 g/mol. The minimum Gasteiger partial charge on any atom is -0.502 e. The topological polar surface area (TPSA) is 75.0 Å². The average molecular weight is 514 g/mol. The van der Waals surface area contributed by atoms with Crippen LogP contribution in [0.3, 0.4) is 0 Å². The van der Waals surface area contributed by atoms with Gasteiger partial charge in [0.05, 0.1) is 5.54 Å². The van der Waals surface area contributed by atoms with Crippen molar-refractivity contribution in [2.24, 2.45) is 0 Å². The number of carbonyl (C=O) groups is 1. The van der Waals surface area contributed by atoms with E-state index < -0.39 is 16.7 Å². The summed E-state index contributed by atoms with van der Waals surface area (Å²) in [7, 11) is 0. The molecule has 1 atom stereocenters. The van der Waals surface area contributed by atoms with Gasteiger partial charge >= 0.3 is 0 Å². The third kappa shape index (κ3) is 3.35. The summed E-state index contributed by atoms with van der Waals surface area (Å²) >= 11 is 1.79. The van der Waals surface area contributed by atoms with Gasteiger partial charge in [-0.15, -0.1) is 11.8 Å². The Balaban J connectivity index is 1.56. The molecule has 2 aromatic carbocycles. The van der Waals surface area contributed by atoms with Gasteiger partial charge in [0.25, 0.3) is 5.91 Å². The highest BCUT2D eigenvalue weighted by atomic mass is 32.2. The van der Waals surface area contributed by atoms with Crippen LogP contribution in [0, 0.1) is 0 Å². The number of thioether (sulfide) groups is 1. The standard InChI is InChI=1S/C29H27N3O4S/c33-21-11-15-31-26(27(21)34)28(35)30-18-32(31)25-20-8-1-2-10-23(20)37-17-19-7-5-9-22(24(19)25)36-16-6-14-29(30)12-3-4-13-29/h1-2,5-11,14-15,25,34H,3-4,12-13,16-18H2/b14-6-/t25-/m1/s1. The average Bonchev–Trinajstić information content (AvgIpc) is 3.31. The van der Waals surface area contributed by atoms with E-state index in [1.165, 1.54) is 6.07 Å². The lowest BCUT2D eigenvalue weighted by molar-refractivity contribution is 0.0477. The molecule has 4 aliphatic rings. The van der Waals surface area contributed by atoms with Crippen molar-refractivity contribution in [2.75, 3.05) is 18.3 Å². The molecular weight excluding hydrogens is 486 g/mol. The maximum absolute atomic E-state index is 14.1. The number of aromatic nitrogens is 1. The van der Waals surface area contributed by atoms with Crippen LogP contribution in [0.5, 0.6) is 11.5 Å². The Morgan fingerprint density at radius 1 is 1.03 bits per heavy atom. The Morgan fingerprint density at radius 2 is 1.86 bits per heavy atom. The minimum atomic E-state index is -0.553. The lowest BCUT2D eigenvalue weighted by atomic mass is 9.92. The summed E-state index contributed by atoms with van der Waals surface area (Å²) in [5.41, 5.74) is 2.29. The molecule has 8 heteroatoms. The van der Waals surface area contributed by atoms with Crippen LogP contribution < -0.4 is 15.2 Å². The van der Waals surface area contributed by atoms with E-state index in [9.17, 15) is 14.7 Å². The van der Waals surface area contributed by atoms with Crippen LogP contribution in [0.2, 0.25) is 0 Å². The van der Waals surface area contributed by atoms with Crippen molar-refractivity contribution >= 4 is 17.7 Å². The lowest BCUT2D eigenvalue weighted by Gasteiger charge is -2.49. The van der Waals surface area contributed by atoms with Crippen molar-refractivity contribution in [1.29, 1.82) is 0 Å². The molecule has 2 bridgehead atoms. The number of fused-ring (bicyclic) bond motifs is 8. The summed E-state index contributed by atoms with van der Waals surface area (Å²) < 4.78 is 8.10. The maximum atomic E-state index is 14.1. The Kier molecular flexibility index (Phi) is 5.15. The SMILES string of the molecule is O=C1c2c(O)c(=O)ccn2N2CN1C1(/C=C\COc3cccc4c3[C@H]2c2ccccc2SC4)CCCC1. The van der Waals surface area contributed by atoms with Crippen LogP contribution in [0.15, 0.2) is 76.6 Å². The molecule has 1 N–H and O–H groups in total. The fraction of sp³-hybridized carbons (Fsp3) is 0.310. The maximum Gasteiger partial charge on any atom is 0.278 e. The zero-order chi connectivity index (χ0) is 25.1. The fourth-order valence-corrected chi connectivity index (χ4v) is 7.50. The molecule has 1 amide bonds. The van der Waals surface area contributed by atoms with E-state index in [4.69, 9.17) is 4.74 Å². The highest BCUT2D eigenvalue weighted by Gasteiger charge is 2.47. The number of carbonyl (C=O) groups excluding carboxylic acids is 1. The van der Waals surface area contributed by atoms with Gasteiger partial charge in [-0.25, -0.2) is 0 Å². The van der Waals surface area contributed by atoms with Gasteiger partial charge < -0.3 is 14.7 Å². The van der Waals surface area contributed by atoms with E-state index in [1.807, 2.05) is 35.2 Å². The van der Waals surface area contributed by atoms with Gasteiger partial charge in [0.2, 0.25) is 5.43 Å². The Bertz CT molecular complexity index is 1510.